The molecule has 0 aliphatic carbocycles. The molecule has 1 heterocycles. The Kier molecular flexibility index (Phi) is 3.57. The van der Waals surface area contributed by atoms with Gasteiger partial charge in [0.1, 0.15) is 12.1 Å². The highest BCUT2D eigenvalue weighted by atomic mass is 35.5. The van der Waals surface area contributed by atoms with Crippen molar-refractivity contribution >= 4 is 17.6 Å². The van der Waals surface area contributed by atoms with Crippen LogP contribution in [0.25, 0.3) is 0 Å². The van der Waals surface area contributed by atoms with Crippen molar-refractivity contribution in [3.8, 4) is 0 Å². The molecule has 2 aromatic rings. The Hall–Kier alpha value is -1.95. The molecule has 1 aromatic heterocycles. The van der Waals surface area contributed by atoms with Gasteiger partial charge < -0.3 is 4.74 Å². The van der Waals surface area contributed by atoms with Gasteiger partial charge in [-0.1, -0.05) is 17.7 Å². The third-order valence-corrected chi connectivity index (χ3v) is 2.49. The van der Waals surface area contributed by atoms with Crippen molar-refractivity contribution in [2.45, 2.75) is 6.54 Å². The number of methoxy groups -OCH3 is 1. The molecule has 5 nitrogen and oxygen atoms in total. The number of halogens is 2. The van der Waals surface area contributed by atoms with E-state index in [4.69, 9.17) is 11.6 Å². The quantitative estimate of drug-likeness (QED) is 0.799. The first-order chi connectivity index (χ1) is 8.60. The minimum Gasteiger partial charge on any atom is -0.463 e. The minimum atomic E-state index is -0.634. The molecule has 1 aromatic carbocycles. The molecule has 0 fully saturated rings. The van der Waals surface area contributed by atoms with E-state index in [1.165, 1.54) is 24.2 Å². The topological polar surface area (TPSA) is 57.0 Å². The fraction of sp³-hybridized carbons (Fsp3) is 0.182. The van der Waals surface area contributed by atoms with Gasteiger partial charge in [-0.15, -0.1) is 5.10 Å². The highest BCUT2D eigenvalue weighted by Gasteiger charge is 2.12. The SMILES string of the molecule is COC(=O)c1ncn(Cc2ccc(Cl)cc2F)n1. The van der Waals surface area contributed by atoms with E-state index in [2.05, 4.69) is 14.8 Å². The number of hydrogen-bond acceptors (Lipinski definition) is 4. The fourth-order valence-electron chi connectivity index (χ4n) is 1.38. The number of benzene rings is 1. The zero-order valence-electron chi connectivity index (χ0n) is 9.43. The van der Waals surface area contributed by atoms with Gasteiger partial charge in [0.05, 0.1) is 13.7 Å². The standard InChI is InChI=1S/C11H9ClFN3O2/c1-18-11(17)10-14-6-16(15-10)5-7-2-3-8(12)4-9(7)13/h2-4,6H,5H2,1H3. The van der Waals surface area contributed by atoms with Gasteiger partial charge in [-0.25, -0.2) is 18.9 Å². The van der Waals surface area contributed by atoms with Gasteiger partial charge >= 0.3 is 5.97 Å². The number of rotatable bonds is 3. The van der Waals surface area contributed by atoms with Crippen molar-refractivity contribution in [3.05, 3.63) is 46.8 Å². The van der Waals surface area contributed by atoms with E-state index >= 15 is 0 Å². The third kappa shape index (κ3) is 2.65. The lowest BCUT2D eigenvalue weighted by molar-refractivity contribution is 0.0586. The molecule has 0 amide bonds. The first-order valence-electron chi connectivity index (χ1n) is 5.02. The summed E-state index contributed by atoms with van der Waals surface area (Å²) in [5.41, 5.74) is 0.403. The monoisotopic (exact) mass is 269 g/mol. The van der Waals surface area contributed by atoms with Crippen LogP contribution < -0.4 is 0 Å². The summed E-state index contributed by atoms with van der Waals surface area (Å²) < 4.78 is 19.3. The second-order valence-corrected chi connectivity index (χ2v) is 3.93. The Labute approximate surface area is 107 Å². The zero-order valence-corrected chi connectivity index (χ0v) is 10.2. The van der Waals surface area contributed by atoms with Crippen LogP contribution in [0.2, 0.25) is 5.02 Å². The molecule has 0 radical (unpaired) electrons. The van der Waals surface area contributed by atoms with Crippen LogP contribution in [0.4, 0.5) is 4.39 Å². The molecule has 0 bridgehead atoms. The van der Waals surface area contributed by atoms with Crippen LogP contribution >= 0.6 is 11.6 Å². The summed E-state index contributed by atoms with van der Waals surface area (Å²) in [5, 5.41) is 4.20. The average molecular weight is 270 g/mol. The van der Waals surface area contributed by atoms with E-state index in [0.717, 1.165) is 0 Å². The summed E-state index contributed by atoms with van der Waals surface area (Å²) in [4.78, 5) is 14.9. The molecule has 0 atom stereocenters. The normalized spacial score (nSPS) is 10.4. The summed E-state index contributed by atoms with van der Waals surface area (Å²) in [5.74, 6) is -1.13. The van der Waals surface area contributed by atoms with Crippen molar-refractivity contribution in [2.75, 3.05) is 7.11 Å². The summed E-state index contributed by atoms with van der Waals surface area (Å²) in [6.07, 6.45) is 1.33. The van der Waals surface area contributed by atoms with Crippen molar-refractivity contribution in [1.82, 2.24) is 14.8 Å². The number of esters is 1. The lowest BCUT2D eigenvalue weighted by Crippen LogP contribution is -2.07. The van der Waals surface area contributed by atoms with E-state index in [-0.39, 0.29) is 12.4 Å². The van der Waals surface area contributed by atoms with Gasteiger partial charge in [-0.3, -0.25) is 0 Å². The lowest BCUT2D eigenvalue weighted by atomic mass is 10.2. The van der Waals surface area contributed by atoms with Crippen LogP contribution in [0.5, 0.6) is 0 Å². The Morgan fingerprint density at radius 2 is 2.33 bits per heavy atom. The molecular weight excluding hydrogens is 261 g/mol. The Morgan fingerprint density at radius 1 is 1.56 bits per heavy atom. The molecule has 0 unspecified atom stereocenters. The fourth-order valence-corrected chi connectivity index (χ4v) is 1.54. The van der Waals surface area contributed by atoms with E-state index in [0.29, 0.717) is 10.6 Å². The molecule has 0 N–H and O–H groups in total. The van der Waals surface area contributed by atoms with Crippen molar-refractivity contribution in [3.63, 3.8) is 0 Å². The minimum absolute atomic E-state index is 0.0631. The predicted molar refractivity (Wildman–Crippen MR) is 61.9 cm³/mol. The highest BCUT2D eigenvalue weighted by Crippen LogP contribution is 2.15. The van der Waals surface area contributed by atoms with Crippen molar-refractivity contribution in [1.29, 1.82) is 0 Å². The van der Waals surface area contributed by atoms with E-state index in [9.17, 15) is 9.18 Å². The van der Waals surface area contributed by atoms with Crippen LogP contribution in [0, 0.1) is 5.82 Å². The first-order valence-corrected chi connectivity index (χ1v) is 5.39. The second kappa shape index (κ2) is 5.14. The smallest absolute Gasteiger partial charge is 0.377 e. The van der Waals surface area contributed by atoms with Crippen LogP contribution in [-0.4, -0.2) is 27.8 Å². The average Bonchev–Trinajstić information content (AvgIpc) is 2.80. The van der Waals surface area contributed by atoms with Crippen LogP contribution in [0.3, 0.4) is 0 Å². The van der Waals surface area contributed by atoms with E-state index in [1.54, 1.807) is 12.1 Å². The Morgan fingerprint density at radius 3 is 3.00 bits per heavy atom. The molecule has 2 rings (SSSR count). The molecule has 18 heavy (non-hydrogen) atoms. The summed E-state index contributed by atoms with van der Waals surface area (Å²) in [6.45, 7) is 0.160. The van der Waals surface area contributed by atoms with Gasteiger partial charge in [-0.2, -0.15) is 0 Å². The predicted octanol–water partition coefficient (Wildman–Crippen LogP) is 1.91. The summed E-state index contributed by atoms with van der Waals surface area (Å²) in [6, 6.07) is 4.35. The molecular formula is C11H9ClFN3O2. The van der Waals surface area contributed by atoms with E-state index < -0.39 is 11.8 Å². The van der Waals surface area contributed by atoms with Gasteiger partial charge in [0.2, 0.25) is 0 Å². The number of carbonyl (C=O) groups excluding carboxylic acids is 1. The molecule has 94 valence electrons. The van der Waals surface area contributed by atoms with Crippen LogP contribution in [0.15, 0.2) is 24.5 Å². The lowest BCUT2D eigenvalue weighted by Gasteiger charge is -2.03. The molecule has 0 aliphatic rings. The number of aromatic nitrogens is 3. The number of ether oxygens (including phenoxy) is 1. The Balaban J connectivity index is 2.18. The molecule has 0 aliphatic heterocycles. The van der Waals surface area contributed by atoms with Gasteiger partial charge in [0, 0.05) is 10.6 Å². The maximum absolute atomic E-state index is 13.5. The summed E-state index contributed by atoms with van der Waals surface area (Å²) in [7, 11) is 1.24. The molecule has 7 heteroatoms. The highest BCUT2D eigenvalue weighted by molar-refractivity contribution is 6.30. The summed E-state index contributed by atoms with van der Waals surface area (Å²) >= 11 is 5.65. The number of hydrogen-bond donors (Lipinski definition) is 0. The first kappa shape index (κ1) is 12.5. The zero-order chi connectivity index (χ0) is 13.1. The largest absolute Gasteiger partial charge is 0.463 e. The second-order valence-electron chi connectivity index (χ2n) is 3.49. The number of nitrogens with zero attached hydrogens (tertiary/aromatic N) is 3. The maximum Gasteiger partial charge on any atom is 0.377 e. The van der Waals surface area contributed by atoms with Crippen LogP contribution in [-0.2, 0) is 11.3 Å². The van der Waals surface area contributed by atoms with E-state index in [1.807, 2.05) is 0 Å². The van der Waals surface area contributed by atoms with Gasteiger partial charge in [0.25, 0.3) is 5.82 Å². The number of carbonyl (C=O) groups is 1. The van der Waals surface area contributed by atoms with Gasteiger partial charge in [-0.05, 0) is 12.1 Å². The van der Waals surface area contributed by atoms with Crippen molar-refractivity contribution < 1.29 is 13.9 Å². The third-order valence-electron chi connectivity index (χ3n) is 2.25. The maximum atomic E-state index is 13.5. The van der Waals surface area contributed by atoms with Crippen molar-refractivity contribution in [2.24, 2.45) is 0 Å². The molecule has 0 saturated carbocycles. The Bertz CT molecular complexity index is 585. The van der Waals surface area contributed by atoms with Crippen LogP contribution in [0.1, 0.15) is 16.2 Å². The molecule has 0 saturated heterocycles. The van der Waals surface area contributed by atoms with Gasteiger partial charge in [0.15, 0.2) is 0 Å². The molecule has 0 spiro atoms.